The zero-order valence-corrected chi connectivity index (χ0v) is 11.2. The highest BCUT2D eigenvalue weighted by molar-refractivity contribution is 7.14. The van der Waals surface area contributed by atoms with E-state index in [0.717, 1.165) is 24.1 Å². The summed E-state index contributed by atoms with van der Waals surface area (Å²) in [7, 11) is 0. The molecule has 0 saturated heterocycles. The van der Waals surface area contributed by atoms with E-state index < -0.39 is 0 Å². The maximum absolute atomic E-state index is 11.7. The number of hydrogen-bond donors (Lipinski definition) is 0. The van der Waals surface area contributed by atoms with Crippen molar-refractivity contribution in [2.45, 2.75) is 38.6 Å². The van der Waals surface area contributed by atoms with Crippen molar-refractivity contribution in [3.05, 3.63) is 40.1 Å². The minimum absolute atomic E-state index is 0.321. The second-order valence-corrected chi connectivity index (χ2v) is 5.82. The van der Waals surface area contributed by atoms with Gasteiger partial charge in [0.15, 0.2) is 5.78 Å². The highest BCUT2D eigenvalue weighted by Gasteiger charge is 2.25. The smallest absolute Gasteiger partial charge is 0.173 e. The van der Waals surface area contributed by atoms with E-state index in [1.165, 1.54) is 10.4 Å². The van der Waals surface area contributed by atoms with Gasteiger partial charge in [-0.05, 0) is 24.5 Å². The second kappa shape index (κ2) is 4.69. The molecule has 0 bridgehead atoms. The average Bonchev–Trinajstić information content (AvgIpc) is 3.05. The van der Waals surface area contributed by atoms with Crippen LogP contribution in [0, 0.1) is 0 Å². The molecule has 1 unspecified atom stereocenters. The van der Waals surface area contributed by atoms with Gasteiger partial charge < -0.3 is 4.57 Å². The number of aromatic nitrogens is 2. The summed E-state index contributed by atoms with van der Waals surface area (Å²) >= 11 is 1.68. The van der Waals surface area contributed by atoms with Crippen LogP contribution in [0.2, 0.25) is 0 Å². The Kier molecular flexibility index (Phi) is 3.04. The molecule has 0 fully saturated rings. The van der Waals surface area contributed by atoms with Crippen molar-refractivity contribution in [2.75, 3.05) is 0 Å². The SMILES string of the molecule is CCCC(c1cc2c(s1)C(=O)CC2)n1ccnc1. The summed E-state index contributed by atoms with van der Waals surface area (Å²) in [4.78, 5) is 18.2. The lowest BCUT2D eigenvalue weighted by atomic mass is 10.1. The quantitative estimate of drug-likeness (QED) is 0.843. The summed E-state index contributed by atoms with van der Waals surface area (Å²) in [5, 5.41) is 0. The number of nitrogens with zero attached hydrogens (tertiary/aromatic N) is 2. The van der Waals surface area contributed by atoms with E-state index in [9.17, 15) is 4.79 Å². The van der Waals surface area contributed by atoms with Crippen molar-refractivity contribution in [1.29, 1.82) is 0 Å². The normalized spacial score (nSPS) is 15.9. The number of rotatable bonds is 4. The molecule has 0 aromatic carbocycles. The van der Waals surface area contributed by atoms with Gasteiger partial charge in [-0.1, -0.05) is 13.3 Å². The molecule has 4 heteroatoms. The minimum Gasteiger partial charge on any atom is -0.329 e. The molecule has 1 aliphatic rings. The molecular weight excluding hydrogens is 244 g/mol. The topological polar surface area (TPSA) is 34.9 Å². The van der Waals surface area contributed by atoms with Crippen LogP contribution >= 0.6 is 11.3 Å². The Balaban J connectivity index is 1.96. The predicted molar refractivity (Wildman–Crippen MR) is 72.2 cm³/mol. The monoisotopic (exact) mass is 260 g/mol. The molecule has 18 heavy (non-hydrogen) atoms. The van der Waals surface area contributed by atoms with Crippen molar-refractivity contribution in [3.8, 4) is 0 Å². The molecule has 0 aliphatic heterocycles. The van der Waals surface area contributed by atoms with Gasteiger partial charge >= 0.3 is 0 Å². The lowest BCUT2D eigenvalue weighted by Gasteiger charge is -2.16. The molecule has 0 amide bonds. The average molecular weight is 260 g/mol. The summed E-state index contributed by atoms with van der Waals surface area (Å²) in [6.45, 7) is 2.19. The molecule has 3 rings (SSSR count). The fourth-order valence-corrected chi connectivity index (χ4v) is 3.88. The second-order valence-electron chi connectivity index (χ2n) is 4.74. The van der Waals surface area contributed by atoms with Crippen LogP contribution in [0.3, 0.4) is 0 Å². The predicted octanol–water partition coefficient (Wildman–Crippen LogP) is 3.46. The van der Waals surface area contributed by atoms with E-state index in [2.05, 4.69) is 22.5 Å². The van der Waals surface area contributed by atoms with Gasteiger partial charge in [0.25, 0.3) is 0 Å². The molecule has 2 heterocycles. The van der Waals surface area contributed by atoms with Crippen LogP contribution in [0.1, 0.15) is 52.3 Å². The van der Waals surface area contributed by atoms with Crippen LogP contribution in [-0.4, -0.2) is 15.3 Å². The Labute approximate surface area is 110 Å². The molecular formula is C14H16N2OS. The summed E-state index contributed by atoms with van der Waals surface area (Å²) in [5.41, 5.74) is 1.25. The number of imidazole rings is 1. The van der Waals surface area contributed by atoms with E-state index >= 15 is 0 Å². The van der Waals surface area contributed by atoms with E-state index in [-0.39, 0.29) is 0 Å². The lowest BCUT2D eigenvalue weighted by Crippen LogP contribution is -2.07. The summed E-state index contributed by atoms with van der Waals surface area (Å²) < 4.78 is 2.15. The van der Waals surface area contributed by atoms with Crippen LogP contribution in [0.4, 0.5) is 0 Å². The Hall–Kier alpha value is -1.42. The fourth-order valence-electron chi connectivity index (χ4n) is 2.56. The number of aryl methyl sites for hydroxylation is 1. The Morgan fingerprint density at radius 1 is 1.50 bits per heavy atom. The van der Waals surface area contributed by atoms with Crippen molar-refractivity contribution >= 4 is 17.1 Å². The molecule has 0 saturated carbocycles. The minimum atomic E-state index is 0.321. The van der Waals surface area contributed by atoms with E-state index in [1.807, 2.05) is 18.7 Å². The molecule has 2 aromatic rings. The maximum Gasteiger partial charge on any atom is 0.173 e. The Morgan fingerprint density at radius 2 is 2.39 bits per heavy atom. The van der Waals surface area contributed by atoms with Crippen molar-refractivity contribution < 1.29 is 4.79 Å². The Morgan fingerprint density at radius 3 is 3.06 bits per heavy atom. The van der Waals surface area contributed by atoms with Crippen molar-refractivity contribution in [3.63, 3.8) is 0 Å². The van der Waals surface area contributed by atoms with Gasteiger partial charge in [-0.25, -0.2) is 4.98 Å². The summed E-state index contributed by atoms with van der Waals surface area (Å²) in [5.74, 6) is 0.321. The third-order valence-electron chi connectivity index (χ3n) is 3.48. The molecule has 2 aromatic heterocycles. The molecule has 0 radical (unpaired) electrons. The van der Waals surface area contributed by atoms with Crippen molar-refractivity contribution in [1.82, 2.24) is 9.55 Å². The third kappa shape index (κ3) is 1.90. The zero-order valence-electron chi connectivity index (χ0n) is 10.4. The molecule has 0 N–H and O–H groups in total. The van der Waals surface area contributed by atoms with E-state index in [0.29, 0.717) is 18.2 Å². The highest BCUT2D eigenvalue weighted by Crippen LogP contribution is 2.36. The first kappa shape index (κ1) is 11.7. The Bertz CT molecular complexity index is 556. The van der Waals surface area contributed by atoms with Gasteiger partial charge in [0.1, 0.15) is 0 Å². The molecule has 1 atom stereocenters. The van der Waals surface area contributed by atoms with Gasteiger partial charge in [0.2, 0.25) is 0 Å². The number of Topliss-reactive ketones (excluding diaryl/α,β-unsaturated/α-hetero) is 1. The van der Waals surface area contributed by atoms with Crippen molar-refractivity contribution in [2.24, 2.45) is 0 Å². The number of carbonyl (C=O) groups is 1. The molecule has 1 aliphatic carbocycles. The molecule has 0 spiro atoms. The van der Waals surface area contributed by atoms with Crippen LogP contribution in [0.5, 0.6) is 0 Å². The van der Waals surface area contributed by atoms with Gasteiger partial charge in [-0.2, -0.15) is 0 Å². The first-order valence-electron chi connectivity index (χ1n) is 6.43. The van der Waals surface area contributed by atoms with Gasteiger partial charge in [0.05, 0.1) is 17.2 Å². The molecule has 3 nitrogen and oxygen atoms in total. The number of hydrogen-bond acceptors (Lipinski definition) is 3. The van der Waals surface area contributed by atoms with Gasteiger partial charge in [-0.15, -0.1) is 11.3 Å². The van der Waals surface area contributed by atoms with E-state index in [4.69, 9.17) is 0 Å². The van der Waals surface area contributed by atoms with Gasteiger partial charge in [0, 0.05) is 23.7 Å². The van der Waals surface area contributed by atoms with Crippen LogP contribution < -0.4 is 0 Å². The standard InChI is InChI=1S/C14H16N2OS/c1-2-3-11(16-7-6-15-9-16)13-8-10-4-5-12(17)14(10)18-13/h6-9,11H,2-5H2,1H3. The third-order valence-corrected chi connectivity index (χ3v) is 4.80. The number of carbonyl (C=O) groups excluding carboxylic acids is 1. The first-order valence-corrected chi connectivity index (χ1v) is 7.24. The number of thiophene rings is 1. The van der Waals surface area contributed by atoms with Crippen LogP contribution in [-0.2, 0) is 6.42 Å². The summed E-state index contributed by atoms with van der Waals surface area (Å²) in [6.07, 6.45) is 9.52. The van der Waals surface area contributed by atoms with E-state index in [1.54, 1.807) is 11.3 Å². The van der Waals surface area contributed by atoms with Crippen LogP contribution in [0.25, 0.3) is 0 Å². The lowest BCUT2D eigenvalue weighted by molar-refractivity contribution is 0.0998. The van der Waals surface area contributed by atoms with Gasteiger partial charge in [-0.3, -0.25) is 4.79 Å². The molecule has 94 valence electrons. The number of ketones is 1. The van der Waals surface area contributed by atoms with Crippen LogP contribution in [0.15, 0.2) is 24.8 Å². The fraction of sp³-hybridized carbons (Fsp3) is 0.429. The maximum atomic E-state index is 11.7. The first-order chi connectivity index (χ1) is 8.79. The summed E-state index contributed by atoms with van der Waals surface area (Å²) in [6, 6.07) is 2.56. The highest BCUT2D eigenvalue weighted by atomic mass is 32.1. The zero-order chi connectivity index (χ0) is 12.5. The largest absolute Gasteiger partial charge is 0.329 e. The number of fused-ring (bicyclic) bond motifs is 1.